The molecule has 2 fully saturated rings. The van der Waals surface area contributed by atoms with E-state index >= 15 is 0 Å². The van der Waals surface area contributed by atoms with Crippen molar-refractivity contribution in [1.29, 1.82) is 0 Å². The quantitative estimate of drug-likeness (QED) is 0.839. The fraction of sp³-hybridized carbons (Fsp3) is 0.857. The van der Waals surface area contributed by atoms with Gasteiger partial charge >= 0.3 is 0 Å². The standard InChI is InChI=1S/C14H24N4/c1-10(2)18-14(16-9-17-18)7-11-3-4-12(11)8-15-13-5-6-13/h9-13,15H,3-8H2,1-2H3. The zero-order valence-corrected chi connectivity index (χ0v) is 11.5. The van der Waals surface area contributed by atoms with Crippen molar-refractivity contribution in [2.45, 2.75) is 58.0 Å². The van der Waals surface area contributed by atoms with Crippen LogP contribution >= 0.6 is 0 Å². The average Bonchev–Trinajstić information content (AvgIpc) is 3.01. The van der Waals surface area contributed by atoms with Crippen LogP contribution in [0.5, 0.6) is 0 Å². The van der Waals surface area contributed by atoms with E-state index in [1.54, 1.807) is 6.33 Å². The summed E-state index contributed by atoms with van der Waals surface area (Å²) >= 11 is 0. The maximum atomic E-state index is 4.43. The van der Waals surface area contributed by atoms with Crippen LogP contribution in [0.3, 0.4) is 0 Å². The van der Waals surface area contributed by atoms with Gasteiger partial charge in [-0.05, 0) is 57.9 Å². The first-order valence-electron chi connectivity index (χ1n) is 7.36. The highest BCUT2D eigenvalue weighted by Gasteiger charge is 2.33. The Morgan fingerprint density at radius 1 is 1.28 bits per heavy atom. The van der Waals surface area contributed by atoms with Crippen molar-refractivity contribution in [1.82, 2.24) is 20.1 Å². The van der Waals surface area contributed by atoms with Gasteiger partial charge in [-0.1, -0.05) is 0 Å². The smallest absolute Gasteiger partial charge is 0.138 e. The third-order valence-electron chi connectivity index (χ3n) is 4.40. The second-order valence-electron chi connectivity index (χ2n) is 6.20. The predicted octanol–water partition coefficient (Wildman–Crippen LogP) is 2.18. The van der Waals surface area contributed by atoms with Crippen LogP contribution in [-0.4, -0.2) is 27.4 Å². The lowest BCUT2D eigenvalue weighted by Gasteiger charge is -2.37. The Labute approximate surface area is 109 Å². The van der Waals surface area contributed by atoms with Gasteiger partial charge < -0.3 is 5.32 Å². The lowest BCUT2D eigenvalue weighted by atomic mass is 9.71. The molecule has 0 aliphatic heterocycles. The van der Waals surface area contributed by atoms with Crippen LogP contribution < -0.4 is 5.32 Å². The molecule has 1 aromatic heterocycles. The molecule has 2 unspecified atom stereocenters. The van der Waals surface area contributed by atoms with Gasteiger partial charge in [0.2, 0.25) is 0 Å². The van der Waals surface area contributed by atoms with E-state index in [1.165, 1.54) is 38.1 Å². The lowest BCUT2D eigenvalue weighted by Crippen LogP contribution is -2.37. The summed E-state index contributed by atoms with van der Waals surface area (Å²) in [5, 5.41) is 7.99. The van der Waals surface area contributed by atoms with Gasteiger partial charge in [-0.15, -0.1) is 0 Å². The summed E-state index contributed by atoms with van der Waals surface area (Å²) in [5.74, 6) is 2.85. The topological polar surface area (TPSA) is 42.7 Å². The van der Waals surface area contributed by atoms with Crippen LogP contribution in [0.15, 0.2) is 6.33 Å². The fourth-order valence-corrected chi connectivity index (χ4v) is 2.87. The molecule has 1 aromatic rings. The van der Waals surface area contributed by atoms with Gasteiger partial charge in [0.15, 0.2) is 0 Å². The average molecular weight is 248 g/mol. The molecule has 2 aliphatic carbocycles. The molecule has 0 aromatic carbocycles. The number of hydrogen-bond donors (Lipinski definition) is 1. The minimum Gasteiger partial charge on any atom is -0.314 e. The van der Waals surface area contributed by atoms with Crippen LogP contribution in [0.2, 0.25) is 0 Å². The first kappa shape index (κ1) is 12.2. The Bertz CT molecular complexity index is 394. The molecule has 0 bridgehead atoms. The summed E-state index contributed by atoms with van der Waals surface area (Å²) in [4.78, 5) is 4.43. The molecule has 0 saturated heterocycles. The second-order valence-corrected chi connectivity index (χ2v) is 6.20. The maximum Gasteiger partial charge on any atom is 0.138 e. The molecule has 2 saturated carbocycles. The third-order valence-corrected chi connectivity index (χ3v) is 4.40. The summed E-state index contributed by atoms with van der Waals surface area (Å²) in [6, 6.07) is 1.26. The van der Waals surface area contributed by atoms with Gasteiger partial charge in [0, 0.05) is 18.5 Å². The molecule has 0 radical (unpaired) electrons. The number of nitrogens with zero attached hydrogens (tertiary/aromatic N) is 3. The summed E-state index contributed by atoms with van der Waals surface area (Å²) in [7, 11) is 0. The third kappa shape index (κ3) is 2.58. The monoisotopic (exact) mass is 248 g/mol. The van der Waals surface area contributed by atoms with Crippen LogP contribution in [0.25, 0.3) is 0 Å². The van der Waals surface area contributed by atoms with Gasteiger partial charge in [-0.25, -0.2) is 9.67 Å². The number of rotatable bonds is 6. The minimum absolute atomic E-state index is 0.422. The molecule has 18 heavy (non-hydrogen) atoms. The highest BCUT2D eigenvalue weighted by atomic mass is 15.3. The summed E-state index contributed by atoms with van der Waals surface area (Å²) < 4.78 is 2.07. The van der Waals surface area contributed by atoms with Crippen molar-refractivity contribution in [2.24, 2.45) is 11.8 Å². The van der Waals surface area contributed by atoms with Crippen LogP contribution in [0, 0.1) is 11.8 Å². The first-order valence-corrected chi connectivity index (χ1v) is 7.36. The van der Waals surface area contributed by atoms with E-state index in [4.69, 9.17) is 0 Å². The number of aromatic nitrogens is 3. The van der Waals surface area contributed by atoms with Crippen molar-refractivity contribution in [2.75, 3.05) is 6.54 Å². The molecule has 0 amide bonds. The van der Waals surface area contributed by atoms with E-state index in [0.29, 0.717) is 6.04 Å². The van der Waals surface area contributed by atoms with E-state index in [9.17, 15) is 0 Å². The highest BCUT2D eigenvalue weighted by molar-refractivity contribution is 4.95. The first-order chi connectivity index (χ1) is 8.74. The van der Waals surface area contributed by atoms with Crippen molar-refractivity contribution in [3.05, 3.63) is 12.2 Å². The Hall–Kier alpha value is -0.900. The fourth-order valence-electron chi connectivity index (χ4n) is 2.87. The maximum absolute atomic E-state index is 4.43. The van der Waals surface area contributed by atoms with Crippen LogP contribution in [0.1, 0.15) is 51.4 Å². The van der Waals surface area contributed by atoms with E-state index < -0.39 is 0 Å². The van der Waals surface area contributed by atoms with Crippen LogP contribution in [0.4, 0.5) is 0 Å². The van der Waals surface area contributed by atoms with Gasteiger partial charge in [0.25, 0.3) is 0 Å². The van der Waals surface area contributed by atoms with Gasteiger partial charge in [0.05, 0.1) is 0 Å². The molecular formula is C14H24N4. The highest BCUT2D eigenvalue weighted by Crippen LogP contribution is 2.36. The minimum atomic E-state index is 0.422. The van der Waals surface area contributed by atoms with Gasteiger partial charge in [0.1, 0.15) is 12.2 Å². The lowest BCUT2D eigenvalue weighted by molar-refractivity contribution is 0.165. The van der Waals surface area contributed by atoms with Gasteiger partial charge in [-0.2, -0.15) is 5.10 Å². The SMILES string of the molecule is CC(C)n1ncnc1CC1CCC1CNC1CC1. The van der Waals surface area contributed by atoms with Crippen LogP contribution in [-0.2, 0) is 6.42 Å². The Balaban J connectivity index is 1.53. The van der Waals surface area contributed by atoms with E-state index in [-0.39, 0.29) is 0 Å². The molecule has 0 spiro atoms. The second kappa shape index (κ2) is 5.00. The molecule has 1 N–H and O–H groups in total. The molecule has 4 nitrogen and oxygen atoms in total. The number of nitrogens with one attached hydrogen (secondary N) is 1. The van der Waals surface area contributed by atoms with Crippen molar-refractivity contribution in [3.8, 4) is 0 Å². The molecule has 3 rings (SSSR count). The molecule has 2 atom stereocenters. The van der Waals surface area contributed by atoms with Crippen molar-refractivity contribution >= 4 is 0 Å². The molecule has 2 aliphatic rings. The molecule has 4 heteroatoms. The Kier molecular flexibility index (Phi) is 3.37. The molecular weight excluding hydrogens is 224 g/mol. The van der Waals surface area contributed by atoms with E-state index in [0.717, 1.165) is 24.3 Å². The van der Waals surface area contributed by atoms with E-state index in [2.05, 4.69) is 33.9 Å². The Morgan fingerprint density at radius 2 is 2.06 bits per heavy atom. The summed E-state index contributed by atoms with van der Waals surface area (Å²) in [5.41, 5.74) is 0. The van der Waals surface area contributed by atoms with Crippen molar-refractivity contribution < 1.29 is 0 Å². The zero-order chi connectivity index (χ0) is 12.5. The normalized spacial score (nSPS) is 27.5. The predicted molar refractivity (Wildman–Crippen MR) is 71.3 cm³/mol. The van der Waals surface area contributed by atoms with E-state index in [1.807, 2.05) is 0 Å². The van der Waals surface area contributed by atoms with Crippen molar-refractivity contribution in [3.63, 3.8) is 0 Å². The van der Waals surface area contributed by atoms with Gasteiger partial charge in [-0.3, -0.25) is 0 Å². The zero-order valence-electron chi connectivity index (χ0n) is 11.5. The Morgan fingerprint density at radius 3 is 2.67 bits per heavy atom. The molecule has 1 heterocycles. The molecule has 100 valence electrons. The summed E-state index contributed by atoms with van der Waals surface area (Å²) in [6.07, 6.45) is 8.33. The largest absolute Gasteiger partial charge is 0.314 e. The summed E-state index contributed by atoms with van der Waals surface area (Å²) in [6.45, 7) is 5.56. The number of hydrogen-bond acceptors (Lipinski definition) is 3.